The van der Waals surface area contributed by atoms with E-state index in [4.69, 9.17) is 0 Å². The van der Waals surface area contributed by atoms with Crippen LogP contribution >= 0.6 is 0 Å². The van der Waals surface area contributed by atoms with E-state index in [1.54, 1.807) is 0 Å². The van der Waals surface area contributed by atoms with Gasteiger partial charge in [0.15, 0.2) is 0 Å². The highest BCUT2D eigenvalue weighted by molar-refractivity contribution is 6.21. The Hall–Kier alpha value is -5.72. The summed E-state index contributed by atoms with van der Waals surface area (Å²) in [4.78, 5) is 0. The Morgan fingerprint density at radius 1 is 0.413 bits per heavy atom. The SMILES string of the molecule is C1=CC2c3ccccc3C3=CC=C(c4ccc(-c5c6ccccc6c(-c6ccc7ccccc7c6)c6ccccc56)cc4)C(=C1)C32. The van der Waals surface area contributed by atoms with E-state index in [0.717, 1.165) is 0 Å². The van der Waals surface area contributed by atoms with E-state index in [9.17, 15) is 0 Å². The fraction of sp³-hybridized carbons (Fsp3) is 0.0435. The van der Waals surface area contributed by atoms with Gasteiger partial charge in [-0.3, -0.25) is 0 Å². The molecule has 2 atom stereocenters. The average Bonchev–Trinajstić information content (AvgIpc) is 3.45. The number of hydrogen-bond acceptors (Lipinski definition) is 0. The first-order chi connectivity index (χ1) is 22.8. The lowest BCUT2D eigenvalue weighted by atomic mass is 9.73. The summed E-state index contributed by atoms with van der Waals surface area (Å²) in [5.74, 6) is 0.821. The van der Waals surface area contributed by atoms with Crippen LogP contribution in [0.15, 0.2) is 175 Å². The van der Waals surface area contributed by atoms with Gasteiger partial charge in [-0.1, -0.05) is 164 Å². The van der Waals surface area contributed by atoms with E-state index in [1.165, 1.54) is 88.0 Å². The van der Waals surface area contributed by atoms with Crippen LogP contribution in [0.4, 0.5) is 0 Å². The molecule has 214 valence electrons. The maximum atomic E-state index is 2.39. The minimum absolute atomic E-state index is 0.401. The van der Waals surface area contributed by atoms with Crippen LogP contribution < -0.4 is 0 Å². The molecule has 0 aromatic heterocycles. The molecule has 7 aromatic carbocycles. The van der Waals surface area contributed by atoms with E-state index < -0.39 is 0 Å². The van der Waals surface area contributed by atoms with E-state index in [-0.39, 0.29) is 0 Å². The lowest BCUT2D eigenvalue weighted by Gasteiger charge is -2.29. The van der Waals surface area contributed by atoms with E-state index in [1.807, 2.05) is 0 Å². The second-order valence-electron chi connectivity index (χ2n) is 12.8. The minimum atomic E-state index is 0.401. The van der Waals surface area contributed by atoms with Gasteiger partial charge in [0.05, 0.1) is 0 Å². The molecule has 0 amide bonds. The molecule has 3 aliphatic rings. The molecular formula is C46H30. The third-order valence-electron chi connectivity index (χ3n) is 10.4. The highest BCUT2D eigenvalue weighted by Crippen LogP contribution is 2.56. The van der Waals surface area contributed by atoms with Gasteiger partial charge in [0.2, 0.25) is 0 Å². The third kappa shape index (κ3) is 3.68. The summed E-state index contributed by atoms with van der Waals surface area (Å²) in [5.41, 5.74) is 13.5. The van der Waals surface area contributed by atoms with Crippen LogP contribution in [0.3, 0.4) is 0 Å². The van der Waals surface area contributed by atoms with Gasteiger partial charge in [0.25, 0.3) is 0 Å². The van der Waals surface area contributed by atoms with Crippen LogP contribution in [-0.2, 0) is 0 Å². The lowest BCUT2D eigenvalue weighted by molar-refractivity contribution is 0.725. The fourth-order valence-electron chi connectivity index (χ4n) is 8.44. The summed E-state index contributed by atoms with van der Waals surface area (Å²) in [6.45, 7) is 0. The van der Waals surface area contributed by atoms with Crippen LogP contribution in [0.25, 0.3) is 65.7 Å². The van der Waals surface area contributed by atoms with Crippen molar-refractivity contribution in [1.29, 1.82) is 0 Å². The van der Waals surface area contributed by atoms with Gasteiger partial charge in [-0.2, -0.15) is 0 Å². The van der Waals surface area contributed by atoms with Crippen LogP contribution in [0.1, 0.15) is 22.6 Å². The largest absolute Gasteiger partial charge is 0.0760 e. The van der Waals surface area contributed by atoms with E-state index >= 15 is 0 Å². The molecule has 2 unspecified atom stereocenters. The van der Waals surface area contributed by atoms with Gasteiger partial charge in [-0.15, -0.1) is 0 Å². The molecule has 0 heteroatoms. The first-order valence-electron chi connectivity index (χ1n) is 16.3. The monoisotopic (exact) mass is 582 g/mol. The molecule has 0 heterocycles. The van der Waals surface area contributed by atoms with Crippen molar-refractivity contribution in [3.8, 4) is 22.3 Å². The summed E-state index contributed by atoms with van der Waals surface area (Å²) < 4.78 is 0. The number of allylic oxidation sites excluding steroid dienone is 8. The highest BCUT2D eigenvalue weighted by Gasteiger charge is 2.40. The molecule has 0 spiro atoms. The third-order valence-corrected chi connectivity index (χ3v) is 10.4. The van der Waals surface area contributed by atoms with Crippen molar-refractivity contribution in [3.63, 3.8) is 0 Å². The molecule has 3 aliphatic carbocycles. The molecule has 0 radical (unpaired) electrons. The van der Waals surface area contributed by atoms with Gasteiger partial charge in [-0.25, -0.2) is 0 Å². The standard InChI is InChI=1S/C46H30/c1-2-11-32-28-33(25-20-29(32)10-1)45-41-16-7-5-14-39(41)44(40-15-6-8-17-42(40)45)31-23-21-30(22-24-31)34-26-27-43-36-13-4-3-12-35(36)38-19-9-18-37(34)46(38)43/h1-28,38,46H. The van der Waals surface area contributed by atoms with Crippen molar-refractivity contribution in [2.24, 2.45) is 5.92 Å². The van der Waals surface area contributed by atoms with Crippen LogP contribution in [0.2, 0.25) is 0 Å². The van der Waals surface area contributed by atoms with Crippen molar-refractivity contribution in [2.75, 3.05) is 0 Å². The quantitative estimate of drug-likeness (QED) is 0.182. The zero-order valence-electron chi connectivity index (χ0n) is 25.3. The Morgan fingerprint density at radius 3 is 1.74 bits per heavy atom. The zero-order valence-corrected chi connectivity index (χ0v) is 25.3. The summed E-state index contributed by atoms with van der Waals surface area (Å²) >= 11 is 0. The molecule has 0 N–H and O–H groups in total. The number of hydrogen-bond donors (Lipinski definition) is 0. The fourth-order valence-corrected chi connectivity index (χ4v) is 8.44. The smallest absolute Gasteiger partial charge is 0.0205 e. The predicted octanol–water partition coefficient (Wildman–Crippen LogP) is 12.2. The highest BCUT2D eigenvalue weighted by atomic mass is 14.4. The van der Waals surface area contributed by atoms with Gasteiger partial charge >= 0.3 is 0 Å². The Labute approximate surface area is 269 Å². The minimum Gasteiger partial charge on any atom is -0.0760 e. The molecule has 0 saturated heterocycles. The Balaban J connectivity index is 1.12. The van der Waals surface area contributed by atoms with Crippen molar-refractivity contribution < 1.29 is 0 Å². The summed E-state index contributed by atoms with van der Waals surface area (Å²) in [6, 6.07) is 51.7. The van der Waals surface area contributed by atoms with E-state index in [0.29, 0.717) is 11.8 Å². The van der Waals surface area contributed by atoms with Gasteiger partial charge < -0.3 is 0 Å². The summed E-state index contributed by atoms with van der Waals surface area (Å²) in [7, 11) is 0. The van der Waals surface area contributed by atoms with Gasteiger partial charge in [0, 0.05) is 11.8 Å². The summed E-state index contributed by atoms with van der Waals surface area (Å²) in [6.07, 6.45) is 11.7. The van der Waals surface area contributed by atoms with Crippen LogP contribution in [0.5, 0.6) is 0 Å². The van der Waals surface area contributed by atoms with Crippen molar-refractivity contribution in [2.45, 2.75) is 5.92 Å². The normalized spacial score (nSPS) is 17.9. The molecule has 0 aliphatic heterocycles. The van der Waals surface area contributed by atoms with Crippen molar-refractivity contribution >= 4 is 43.5 Å². The lowest BCUT2D eigenvalue weighted by Crippen LogP contribution is -2.14. The predicted molar refractivity (Wildman–Crippen MR) is 196 cm³/mol. The number of fused-ring (bicyclic) bond motifs is 6. The molecule has 0 saturated carbocycles. The molecular weight excluding hydrogens is 553 g/mol. The van der Waals surface area contributed by atoms with E-state index in [2.05, 4.69) is 170 Å². The summed E-state index contributed by atoms with van der Waals surface area (Å²) in [5, 5.41) is 7.68. The molecule has 10 rings (SSSR count). The van der Waals surface area contributed by atoms with Crippen molar-refractivity contribution in [1.82, 2.24) is 0 Å². The maximum absolute atomic E-state index is 2.39. The van der Waals surface area contributed by atoms with Gasteiger partial charge in [0.1, 0.15) is 0 Å². The number of rotatable bonds is 3. The second-order valence-corrected chi connectivity index (χ2v) is 12.8. The first-order valence-corrected chi connectivity index (χ1v) is 16.3. The Morgan fingerprint density at radius 2 is 1.00 bits per heavy atom. The van der Waals surface area contributed by atoms with Crippen molar-refractivity contribution in [3.05, 3.63) is 192 Å². The Bertz CT molecular complexity index is 2460. The molecule has 0 bridgehead atoms. The molecule has 0 nitrogen and oxygen atoms in total. The van der Waals surface area contributed by atoms with Gasteiger partial charge in [-0.05, 0) is 94.0 Å². The Kier molecular flexibility index (Phi) is 5.50. The molecule has 46 heavy (non-hydrogen) atoms. The van der Waals surface area contributed by atoms with Crippen LogP contribution in [0, 0.1) is 5.92 Å². The van der Waals surface area contributed by atoms with Crippen LogP contribution in [-0.4, -0.2) is 0 Å². The zero-order chi connectivity index (χ0) is 30.2. The number of benzene rings is 7. The topological polar surface area (TPSA) is 0 Å². The molecule has 0 fully saturated rings. The average molecular weight is 583 g/mol. The second kappa shape index (κ2) is 9.89. The first kappa shape index (κ1) is 25.6. The maximum Gasteiger partial charge on any atom is 0.0205 e. The molecule has 7 aromatic rings.